The van der Waals surface area contributed by atoms with Crippen LogP contribution in [0.1, 0.15) is 48.0 Å². The average Bonchev–Trinajstić information content (AvgIpc) is 2.28. The molecular weight excluding hydrogens is 306 g/mol. The van der Waals surface area contributed by atoms with E-state index in [9.17, 15) is 0 Å². The summed E-state index contributed by atoms with van der Waals surface area (Å²) in [6.07, 6.45) is 1.51. The van der Waals surface area contributed by atoms with Crippen molar-refractivity contribution < 1.29 is 8.85 Å². The third-order valence-electron chi connectivity index (χ3n) is 5.87. The van der Waals surface area contributed by atoms with Gasteiger partial charge in [0.25, 0.3) is 0 Å². The van der Waals surface area contributed by atoms with E-state index in [2.05, 4.69) is 73.0 Å². The van der Waals surface area contributed by atoms with Gasteiger partial charge in [0.15, 0.2) is 16.6 Å². The molecule has 1 rings (SSSR count). The van der Waals surface area contributed by atoms with Gasteiger partial charge < -0.3 is 14.2 Å². The van der Waals surface area contributed by atoms with Gasteiger partial charge in [0.05, 0.1) is 12.2 Å². The molecule has 2 atom stereocenters. The third-order valence-corrected chi connectivity index (χ3v) is 14.9. The van der Waals surface area contributed by atoms with Crippen LogP contribution in [0.3, 0.4) is 0 Å². The predicted molar refractivity (Wildman–Crippen MR) is 102 cm³/mol. The molecule has 0 radical (unpaired) electrons. The SMILES string of the molecule is CC(C)(C)[Si](C)(C)O[C@H]1CNCC[C@H]1O[Si](C)(C)C(C)(C)C. The first-order chi connectivity index (χ1) is 9.67. The van der Waals surface area contributed by atoms with Gasteiger partial charge in [-0.2, -0.15) is 0 Å². The summed E-state index contributed by atoms with van der Waals surface area (Å²) in [5, 5.41) is 3.99. The molecule has 0 amide bonds. The van der Waals surface area contributed by atoms with Crippen LogP contribution in [0.5, 0.6) is 0 Å². The minimum atomic E-state index is -1.76. The Hall–Kier alpha value is 0.314. The fourth-order valence-electron chi connectivity index (χ4n) is 2.17. The Balaban J connectivity index is 2.85. The topological polar surface area (TPSA) is 30.5 Å². The van der Waals surface area contributed by atoms with Crippen molar-refractivity contribution in [2.75, 3.05) is 13.1 Å². The van der Waals surface area contributed by atoms with Crippen LogP contribution in [0.4, 0.5) is 0 Å². The molecule has 0 unspecified atom stereocenters. The molecule has 0 aromatic carbocycles. The van der Waals surface area contributed by atoms with Crippen LogP contribution >= 0.6 is 0 Å². The summed E-state index contributed by atoms with van der Waals surface area (Å²) in [5.41, 5.74) is 0. The Kier molecular flexibility index (Phi) is 6.17. The molecule has 1 N–H and O–H groups in total. The van der Waals surface area contributed by atoms with E-state index in [0.717, 1.165) is 19.5 Å². The highest BCUT2D eigenvalue weighted by Gasteiger charge is 2.45. The van der Waals surface area contributed by atoms with Gasteiger partial charge in [0.2, 0.25) is 0 Å². The molecule has 0 saturated carbocycles. The Morgan fingerprint density at radius 2 is 1.18 bits per heavy atom. The minimum Gasteiger partial charge on any atom is -0.411 e. The molecule has 1 fully saturated rings. The summed E-state index contributed by atoms with van der Waals surface area (Å²) in [7, 11) is -3.51. The van der Waals surface area contributed by atoms with Gasteiger partial charge in [0, 0.05) is 6.54 Å². The summed E-state index contributed by atoms with van der Waals surface area (Å²) >= 11 is 0. The fourth-order valence-corrected chi connectivity index (χ4v) is 4.89. The normalized spacial score (nSPS) is 25.4. The molecule has 0 aliphatic carbocycles. The van der Waals surface area contributed by atoms with Crippen molar-refractivity contribution in [3.05, 3.63) is 0 Å². The summed E-state index contributed by atoms with van der Waals surface area (Å²) in [5.74, 6) is 0. The van der Waals surface area contributed by atoms with Gasteiger partial charge in [0.1, 0.15) is 0 Å². The van der Waals surface area contributed by atoms with Gasteiger partial charge in [-0.15, -0.1) is 0 Å². The summed E-state index contributed by atoms with van der Waals surface area (Å²) in [4.78, 5) is 0. The number of hydrogen-bond donors (Lipinski definition) is 1. The average molecular weight is 346 g/mol. The zero-order valence-corrected chi connectivity index (χ0v) is 18.6. The lowest BCUT2D eigenvalue weighted by molar-refractivity contribution is 0.0156. The highest BCUT2D eigenvalue weighted by atomic mass is 28.4. The van der Waals surface area contributed by atoms with E-state index < -0.39 is 16.6 Å². The van der Waals surface area contributed by atoms with Gasteiger partial charge >= 0.3 is 0 Å². The predicted octanol–water partition coefficient (Wildman–Crippen LogP) is 4.76. The number of piperidine rings is 1. The summed E-state index contributed by atoms with van der Waals surface area (Å²) in [6, 6.07) is 0. The number of hydrogen-bond acceptors (Lipinski definition) is 3. The van der Waals surface area contributed by atoms with Crippen LogP contribution in [0.15, 0.2) is 0 Å². The van der Waals surface area contributed by atoms with Crippen LogP contribution in [0.25, 0.3) is 0 Å². The van der Waals surface area contributed by atoms with Gasteiger partial charge in [-0.1, -0.05) is 41.5 Å². The van der Waals surface area contributed by atoms with Crippen molar-refractivity contribution >= 4 is 16.6 Å². The molecule has 3 nitrogen and oxygen atoms in total. The lowest BCUT2D eigenvalue weighted by atomic mass is 10.1. The monoisotopic (exact) mass is 345 g/mol. The van der Waals surface area contributed by atoms with E-state index in [0.29, 0.717) is 0 Å². The largest absolute Gasteiger partial charge is 0.411 e. The van der Waals surface area contributed by atoms with Gasteiger partial charge in [-0.05, 0) is 49.2 Å². The molecule has 0 bridgehead atoms. The first-order valence-corrected chi connectivity index (χ1v) is 14.6. The van der Waals surface area contributed by atoms with Crippen molar-refractivity contribution in [1.29, 1.82) is 0 Å². The molecule has 1 saturated heterocycles. The highest BCUT2D eigenvalue weighted by molar-refractivity contribution is 6.74. The van der Waals surface area contributed by atoms with E-state index in [4.69, 9.17) is 8.85 Å². The molecule has 1 heterocycles. The fraction of sp³-hybridized carbons (Fsp3) is 1.00. The quantitative estimate of drug-likeness (QED) is 0.745. The van der Waals surface area contributed by atoms with Gasteiger partial charge in [-0.3, -0.25) is 0 Å². The maximum absolute atomic E-state index is 6.71. The lowest BCUT2D eigenvalue weighted by Crippen LogP contribution is -2.57. The number of rotatable bonds is 4. The first-order valence-electron chi connectivity index (χ1n) is 8.74. The summed E-state index contributed by atoms with van der Waals surface area (Å²) in [6.45, 7) is 25.2. The Morgan fingerprint density at radius 3 is 1.59 bits per heavy atom. The van der Waals surface area contributed by atoms with Gasteiger partial charge in [-0.25, -0.2) is 0 Å². The second kappa shape index (κ2) is 6.67. The second-order valence-electron chi connectivity index (χ2n) is 9.83. The maximum Gasteiger partial charge on any atom is 0.192 e. The van der Waals surface area contributed by atoms with E-state index >= 15 is 0 Å². The molecule has 0 aromatic heterocycles. The Bertz CT molecular complexity index is 334. The zero-order chi connectivity index (χ0) is 17.4. The molecule has 1 aliphatic heterocycles. The Labute approximate surface area is 140 Å². The second-order valence-corrected chi connectivity index (χ2v) is 19.3. The molecule has 132 valence electrons. The number of nitrogens with one attached hydrogen (secondary N) is 1. The molecule has 22 heavy (non-hydrogen) atoms. The van der Waals surface area contributed by atoms with Crippen LogP contribution in [0, 0.1) is 0 Å². The molecule has 0 aromatic rings. The van der Waals surface area contributed by atoms with Crippen molar-refractivity contribution in [2.24, 2.45) is 0 Å². The standard InChI is InChI=1S/C17H39NO2Si2/c1-16(2,3)21(7,8)19-14-11-12-18-13-15(14)20-22(9,10)17(4,5)6/h14-15,18H,11-13H2,1-10H3/t14-,15+/m1/s1. The minimum absolute atomic E-state index is 0.198. The Morgan fingerprint density at radius 1 is 0.773 bits per heavy atom. The molecular formula is C17H39NO2Si2. The molecule has 1 aliphatic rings. The van der Waals surface area contributed by atoms with E-state index in [1.807, 2.05) is 0 Å². The van der Waals surface area contributed by atoms with E-state index in [1.54, 1.807) is 0 Å². The molecule has 5 heteroatoms. The smallest absolute Gasteiger partial charge is 0.192 e. The van der Waals surface area contributed by atoms with E-state index in [1.165, 1.54) is 0 Å². The van der Waals surface area contributed by atoms with Crippen LogP contribution in [-0.2, 0) is 8.85 Å². The maximum atomic E-state index is 6.71. The summed E-state index contributed by atoms with van der Waals surface area (Å²) < 4.78 is 13.4. The molecule has 0 spiro atoms. The highest BCUT2D eigenvalue weighted by Crippen LogP contribution is 2.41. The van der Waals surface area contributed by atoms with Crippen molar-refractivity contribution in [2.45, 2.75) is 96.4 Å². The van der Waals surface area contributed by atoms with E-state index in [-0.39, 0.29) is 22.3 Å². The van der Waals surface area contributed by atoms with Crippen molar-refractivity contribution in [3.8, 4) is 0 Å². The van der Waals surface area contributed by atoms with Crippen LogP contribution in [-0.4, -0.2) is 41.9 Å². The lowest BCUT2D eigenvalue weighted by Gasteiger charge is -2.46. The van der Waals surface area contributed by atoms with Crippen molar-refractivity contribution in [1.82, 2.24) is 5.32 Å². The van der Waals surface area contributed by atoms with Crippen molar-refractivity contribution in [3.63, 3.8) is 0 Å². The third kappa shape index (κ3) is 4.90. The zero-order valence-electron chi connectivity index (χ0n) is 16.6. The van der Waals surface area contributed by atoms with Crippen LogP contribution < -0.4 is 5.32 Å². The van der Waals surface area contributed by atoms with Crippen LogP contribution in [0.2, 0.25) is 36.3 Å². The first kappa shape index (κ1) is 20.4.